The van der Waals surface area contributed by atoms with Gasteiger partial charge in [-0.25, -0.2) is 4.39 Å². The monoisotopic (exact) mass is 366 g/mol. The van der Waals surface area contributed by atoms with Crippen LogP contribution < -0.4 is 15.5 Å². The van der Waals surface area contributed by atoms with Crippen LogP contribution in [0.5, 0.6) is 0 Å². The summed E-state index contributed by atoms with van der Waals surface area (Å²) in [6.45, 7) is 6.74. The highest BCUT2D eigenvalue weighted by molar-refractivity contribution is 5.59. The summed E-state index contributed by atoms with van der Waals surface area (Å²) in [5.41, 5.74) is 3.03. The van der Waals surface area contributed by atoms with Crippen molar-refractivity contribution in [1.29, 1.82) is 0 Å². The van der Waals surface area contributed by atoms with E-state index in [9.17, 15) is 4.39 Å². The Hall–Kier alpha value is -3.22. The summed E-state index contributed by atoms with van der Waals surface area (Å²) >= 11 is 0. The molecule has 1 heterocycles. The van der Waals surface area contributed by atoms with Crippen LogP contribution in [0.1, 0.15) is 19.4 Å². The summed E-state index contributed by atoms with van der Waals surface area (Å²) in [6.07, 6.45) is 1.55. The number of anilines is 4. The van der Waals surface area contributed by atoms with Crippen molar-refractivity contribution in [2.24, 2.45) is 0 Å². The van der Waals surface area contributed by atoms with Crippen LogP contribution in [0.2, 0.25) is 0 Å². The summed E-state index contributed by atoms with van der Waals surface area (Å²) in [5, 5.41) is 14.3. The summed E-state index contributed by atoms with van der Waals surface area (Å²) < 4.78 is 13.0. The number of nitrogens with zero attached hydrogens (tertiary/aromatic N) is 4. The van der Waals surface area contributed by atoms with Gasteiger partial charge < -0.3 is 15.5 Å². The van der Waals surface area contributed by atoms with Crippen LogP contribution >= 0.6 is 0 Å². The quantitative estimate of drug-likeness (QED) is 0.622. The Morgan fingerprint density at radius 3 is 2.33 bits per heavy atom. The van der Waals surface area contributed by atoms with Gasteiger partial charge in [0.1, 0.15) is 5.82 Å². The number of hydrogen-bond acceptors (Lipinski definition) is 6. The lowest BCUT2D eigenvalue weighted by Gasteiger charge is -2.21. The van der Waals surface area contributed by atoms with Crippen LogP contribution in [-0.4, -0.2) is 28.3 Å². The topological polar surface area (TPSA) is 66.0 Å². The molecule has 0 aliphatic heterocycles. The van der Waals surface area contributed by atoms with Gasteiger partial charge in [-0.1, -0.05) is 12.1 Å². The van der Waals surface area contributed by atoms with Gasteiger partial charge in [-0.2, -0.15) is 10.1 Å². The highest BCUT2D eigenvalue weighted by Crippen LogP contribution is 2.20. The molecule has 0 fully saturated rings. The van der Waals surface area contributed by atoms with E-state index < -0.39 is 0 Å². The normalized spacial score (nSPS) is 10.5. The first-order valence-corrected chi connectivity index (χ1v) is 8.98. The minimum Gasteiger partial charge on any atom is -0.372 e. The van der Waals surface area contributed by atoms with Gasteiger partial charge in [0.05, 0.1) is 6.20 Å². The van der Waals surface area contributed by atoms with Crippen molar-refractivity contribution in [2.45, 2.75) is 20.4 Å². The molecule has 2 N–H and O–H groups in total. The second-order valence-corrected chi connectivity index (χ2v) is 5.99. The molecule has 0 aliphatic carbocycles. The SMILES string of the molecule is CCN(CC)c1ccc(Nc2nncc(NCc3ccc(F)cc3)n2)cc1. The van der Waals surface area contributed by atoms with E-state index in [0.29, 0.717) is 18.3 Å². The Bertz CT molecular complexity index is 847. The highest BCUT2D eigenvalue weighted by atomic mass is 19.1. The lowest BCUT2D eigenvalue weighted by atomic mass is 10.2. The maximum atomic E-state index is 13.0. The predicted molar refractivity (Wildman–Crippen MR) is 107 cm³/mol. The molecule has 7 heteroatoms. The first kappa shape index (κ1) is 18.6. The van der Waals surface area contributed by atoms with E-state index in [-0.39, 0.29) is 5.82 Å². The van der Waals surface area contributed by atoms with Crippen LogP contribution in [0, 0.1) is 5.82 Å². The number of halogens is 1. The molecule has 0 bridgehead atoms. The Labute approximate surface area is 158 Å². The van der Waals surface area contributed by atoms with E-state index >= 15 is 0 Å². The molecule has 0 atom stereocenters. The number of hydrogen-bond donors (Lipinski definition) is 2. The maximum Gasteiger partial charge on any atom is 0.249 e. The lowest BCUT2D eigenvalue weighted by molar-refractivity contribution is 0.627. The molecule has 0 saturated carbocycles. The molecule has 0 radical (unpaired) electrons. The van der Waals surface area contributed by atoms with Gasteiger partial charge in [0, 0.05) is 31.0 Å². The minimum atomic E-state index is -0.249. The van der Waals surface area contributed by atoms with Gasteiger partial charge in [0.15, 0.2) is 5.82 Å². The van der Waals surface area contributed by atoms with Crippen molar-refractivity contribution in [1.82, 2.24) is 15.2 Å². The standard InChI is InChI=1S/C20H23FN6/c1-3-27(4-2)18-11-9-17(10-12-18)24-20-25-19(14-23-26-20)22-13-15-5-7-16(21)8-6-15/h5-12,14H,3-4,13H2,1-2H3,(H2,22,24,25,26). The molecule has 1 aromatic heterocycles. The fraction of sp³-hybridized carbons (Fsp3) is 0.250. The maximum absolute atomic E-state index is 13.0. The van der Waals surface area contributed by atoms with Gasteiger partial charge in [-0.15, -0.1) is 5.10 Å². The summed E-state index contributed by atoms with van der Waals surface area (Å²) in [7, 11) is 0. The van der Waals surface area contributed by atoms with Crippen molar-refractivity contribution in [3.8, 4) is 0 Å². The summed E-state index contributed by atoms with van der Waals surface area (Å²) in [4.78, 5) is 6.69. The van der Waals surface area contributed by atoms with Crippen LogP contribution in [0.4, 0.5) is 27.5 Å². The molecule has 27 heavy (non-hydrogen) atoms. The van der Waals surface area contributed by atoms with E-state index in [1.807, 2.05) is 12.1 Å². The van der Waals surface area contributed by atoms with Crippen LogP contribution in [0.25, 0.3) is 0 Å². The van der Waals surface area contributed by atoms with Gasteiger partial charge >= 0.3 is 0 Å². The zero-order valence-electron chi connectivity index (χ0n) is 15.5. The van der Waals surface area contributed by atoms with Crippen molar-refractivity contribution in [3.63, 3.8) is 0 Å². The van der Waals surface area contributed by atoms with E-state index in [2.05, 4.69) is 56.7 Å². The molecule has 3 aromatic rings. The third-order valence-electron chi connectivity index (χ3n) is 4.20. The Kier molecular flexibility index (Phi) is 6.14. The molecular formula is C20H23FN6. The van der Waals surface area contributed by atoms with E-state index in [4.69, 9.17) is 0 Å². The highest BCUT2D eigenvalue weighted by Gasteiger charge is 2.04. The summed E-state index contributed by atoms with van der Waals surface area (Å²) in [5.74, 6) is 0.757. The number of nitrogens with one attached hydrogen (secondary N) is 2. The Morgan fingerprint density at radius 1 is 0.963 bits per heavy atom. The molecule has 140 valence electrons. The van der Waals surface area contributed by atoms with Gasteiger partial charge in [-0.05, 0) is 55.8 Å². The molecule has 0 spiro atoms. The minimum absolute atomic E-state index is 0.249. The third kappa shape index (κ3) is 5.13. The van der Waals surface area contributed by atoms with Gasteiger partial charge in [0.25, 0.3) is 0 Å². The van der Waals surface area contributed by atoms with Gasteiger partial charge in [0.2, 0.25) is 5.95 Å². The zero-order chi connectivity index (χ0) is 19.1. The molecular weight excluding hydrogens is 343 g/mol. The molecule has 0 unspecified atom stereocenters. The van der Waals surface area contributed by atoms with E-state index in [1.54, 1.807) is 18.3 Å². The number of benzene rings is 2. The average Bonchev–Trinajstić information content (AvgIpc) is 2.70. The molecule has 2 aromatic carbocycles. The van der Waals surface area contributed by atoms with Crippen LogP contribution in [0.3, 0.4) is 0 Å². The second kappa shape index (κ2) is 8.93. The second-order valence-electron chi connectivity index (χ2n) is 5.99. The van der Waals surface area contributed by atoms with Crippen molar-refractivity contribution >= 4 is 23.1 Å². The van der Waals surface area contributed by atoms with Crippen molar-refractivity contribution < 1.29 is 4.39 Å². The van der Waals surface area contributed by atoms with Crippen LogP contribution in [-0.2, 0) is 6.54 Å². The summed E-state index contributed by atoms with van der Waals surface area (Å²) in [6, 6.07) is 14.5. The van der Waals surface area contributed by atoms with Crippen molar-refractivity contribution in [2.75, 3.05) is 28.6 Å². The van der Waals surface area contributed by atoms with E-state index in [0.717, 1.165) is 24.3 Å². The van der Waals surface area contributed by atoms with E-state index in [1.165, 1.54) is 17.8 Å². The fourth-order valence-corrected chi connectivity index (χ4v) is 2.71. The zero-order valence-corrected chi connectivity index (χ0v) is 15.5. The predicted octanol–water partition coefficient (Wildman–Crippen LogP) is 4.21. The average molecular weight is 366 g/mol. The smallest absolute Gasteiger partial charge is 0.249 e. The first-order chi connectivity index (χ1) is 13.2. The van der Waals surface area contributed by atoms with Crippen LogP contribution in [0.15, 0.2) is 54.7 Å². The number of rotatable bonds is 8. The molecule has 3 rings (SSSR count). The fourth-order valence-electron chi connectivity index (χ4n) is 2.71. The first-order valence-electron chi connectivity index (χ1n) is 8.98. The van der Waals surface area contributed by atoms with Gasteiger partial charge in [-0.3, -0.25) is 0 Å². The molecule has 0 amide bonds. The largest absolute Gasteiger partial charge is 0.372 e. The number of aromatic nitrogens is 3. The molecule has 0 aliphatic rings. The molecule has 6 nitrogen and oxygen atoms in total. The Morgan fingerprint density at radius 2 is 1.67 bits per heavy atom. The Balaban J connectivity index is 1.62. The molecule has 0 saturated heterocycles. The third-order valence-corrected chi connectivity index (χ3v) is 4.20. The van der Waals surface area contributed by atoms with Crippen molar-refractivity contribution in [3.05, 3.63) is 66.1 Å². The lowest BCUT2D eigenvalue weighted by Crippen LogP contribution is -2.21.